The molecule has 0 aromatic rings. The van der Waals surface area contributed by atoms with Gasteiger partial charge in [-0.15, -0.1) is 0 Å². The minimum atomic E-state index is -4.30. The molecule has 1 atom stereocenters. The first-order valence-corrected chi connectivity index (χ1v) is 6.71. The van der Waals surface area contributed by atoms with Crippen LogP contribution in [-0.2, 0) is 10.0 Å². The summed E-state index contributed by atoms with van der Waals surface area (Å²) in [5, 5.41) is -0.667. The lowest BCUT2D eigenvalue weighted by molar-refractivity contribution is -0.182. The summed E-state index contributed by atoms with van der Waals surface area (Å²) < 4.78 is 61.9. The van der Waals surface area contributed by atoms with E-state index >= 15 is 0 Å². The summed E-state index contributed by atoms with van der Waals surface area (Å²) in [5.41, 5.74) is 0. The average molecular weight is 259 g/mol. The Morgan fingerprint density at radius 3 is 2.31 bits per heavy atom. The lowest BCUT2D eigenvalue weighted by Gasteiger charge is -2.33. The summed E-state index contributed by atoms with van der Waals surface area (Å²) in [4.78, 5) is 0. The predicted molar refractivity (Wildman–Crippen MR) is 54.4 cm³/mol. The van der Waals surface area contributed by atoms with Crippen LogP contribution in [0.2, 0.25) is 0 Å². The van der Waals surface area contributed by atoms with Crippen molar-refractivity contribution in [1.29, 1.82) is 0 Å². The third-order valence-electron chi connectivity index (χ3n) is 2.80. The lowest BCUT2D eigenvalue weighted by Crippen LogP contribution is -2.46. The van der Waals surface area contributed by atoms with E-state index in [0.29, 0.717) is 0 Å². The SMILES string of the molecule is CC(C)S(=O)(=O)N1CCCC(C(F)(F)F)C1. The fourth-order valence-electron chi connectivity index (χ4n) is 1.74. The van der Waals surface area contributed by atoms with E-state index in [1.165, 1.54) is 13.8 Å². The van der Waals surface area contributed by atoms with Crippen LogP contribution in [0.1, 0.15) is 26.7 Å². The van der Waals surface area contributed by atoms with Crippen LogP contribution in [0.5, 0.6) is 0 Å². The molecular weight excluding hydrogens is 243 g/mol. The molecule has 1 aliphatic rings. The highest BCUT2D eigenvalue weighted by atomic mass is 32.2. The first-order chi connectivity index (χ1) is 7.15. The number of alkyl halides is 3. The number of hydrogen-bond donors (Lipinski definition) is 0. The summed E-state index contributed by atoms with van der Waals surface area (Å²) in [6, 6.07) is 0. The molecule has 1 aliphatic heterocycles. The van der Waals surface area contributed by atoms with Crippen molar-refractivity contribution >= 4 is 10.0 Å². The number of nitrogens with zero attached hydrogens (tertiary/aromatic N) is 1. The number of piperidine rings is 1. The molecule has 7 heteroatoms. The van der Waals surface area contributed by atoms with Gasteiger partial charge in [0.05, 0.1) is 11.2 Å². The molecule has 1 saturated heterocycles. The van der Waals surface area contributed by atoms with Crippen LogP contribution in [0, 0.1) is 5.92 Å². The van der Waals surface area contributed by atoms with Crippen LogP contribution in [-0.4, -0.2) is 37.2 Å². The second kappa shape index (κ2) is 4.52. The molecule has 0 aliphatic carbocycles. The molecule has 0 saturated carbocycles. The molecule has 0 bridgehead atoms. The smallest absolute Gasteiger partial charge is 0.212 e. The molecule has 0 spiro atoms. The maximum atomic E-state index is 12.5. The van der Waals surface area contributed by atoms with Gasteiger partial charge in [0.25, 0.3) is 0 Å². The molecule has 1 heterocycles. The minimum Gasteiger partial charge on any atom is -0.212 e. The van der Waals surface area contributed by atoms with Crippen molar-refractivity contribution in [2.75, 3.05) is 13.1 Å². The Balaban J connectivity index is 2.79. The van der Waals surface area contributed by atoms with Gasteiger partial charge in [0.2, 0.25) is 10.0 Å². The summed E-state index contributed by atoms with van der Waals surface area (Å²) in [7, 11) is -3.56. The minimum absolute atomic E-state index is 0.0214. The largest absolute Gasteiger partial charge is 0.393 e. The Morgan fingerprint density at radius 2 is 1.88 bits per heavy atom. The van der Waals surface area contributed by atoms with E-state index < -0.39 is 33.9 Å². The highest BCUT2D eigenvalue weighted by Crippen LogP contribution is 2.34. The Hall–Kier alpha value is -0.300. The lowest BCUT2D eigenvalue weighted by atomic mass is 9.99. The molecule has 1 fully saturated rings. The summed E-state index contributed by atoms with van der Waals surface area (Å²) >= 11 is 0. The number of sulfonamides is 1. The van der Waals surface area contributed by atoms with Crippen LogP contribution < -0.4 is 0 Å². The van der Waals surface area contributed by atoms with Gasteiger partial charge in [-0.2, -0.15) is 13.2 Å². The summed E-state index contributed by atoms with van der Waals surface area (Å²) in [5.74, 6) is -1.52. The van der Waals surface area contributed by atoms with Gasteiger partial charge in [-0.3, -0.25) is 0 Å². The average Bonchev–Trinajstić information content (AvgIpc) is 2.16. The third-order valence-corrected chi connectivity index (χ3v) is 5.05. The van der Waals surface area contributed by atoms with E-state index in [1.54, 1.807) is 0 Å². The first kappa shape index (κ1) is 13.8. The van der Waals surface area contributed by atoms with Crippen molar-refractivity contribution in [1.82, 2.24) is 4.31 Å². The first-order valence-electron chi connectivity index (χ1n) is 5.21. The van der Waals surface area contributed by atoms with Crippen LogP contribution >= 0.6 is 0 Å². The van der Waals surface area contributed by atoms with Crippen LogP contribution in [0.4, 0.5) is 13.2 Å². The van der Waals surface area contributed by atoms with Gasteiger partial charge in [0.15, 0.2) is 0 Å². The molecule has 3 nitrogen and oxygen atoms in total. The van der Waals surface area contributed by atoms with E-state index in [2.05, 4.69) is 0 Å². The molecule has 0 N–H and O–H groups in total. The maximum Gasteiger partial charge on any atom is 0.393 e. The molecule has 0 amide bonds. The van der Waals surface area contributed by atoms with Gasteiger partial charge in [-0.1, -0.05) is 0 Å². The summed E-state index contributed by atoms with van der Waals surface area (Å²) in [6.45, 7) is 2.73. The number of rotatable bonds is 2. The molecule has 0 aromatic carbocycles. The molecule has 0 aromatic heterocycles. The highest BCUT2D eigenvalue weighted by Gasteiger charge is 2.44. The van der Waals surface area contributed by atoms with E-state index in [0.717, 1.165) is 4.31 Å². The molecule has 96 valence electrons. The molecular formula is C9H16F3NO2S. The zero-order chi connectivity index (χ0) is 12.6. The van der Waals surface area contributed by atoms with Gasteiger partial charge in [0, 0.05) is 13.1 Å². The molecule has 1 unspecified atom stereocenters. The van der Waals surface area contributed by atoms with Gasteiger partial charge >= 0.3 is 6.18 Å². The van der Waals surface area contributed by atoms with Crippen molar-refractivity contribution < 1.29 is 21.6 Å². The highest BCUT2D eigenvalue weighted by molar-refractivity contribution is 7.89. The Kier molecular flexibility index (Phi) is 3.89. The van der Waals surface area contributed by atoms with Crippen molar-refractivity contribution in [2.45, 2.75) is 38.1 Å². The van der Waals surface area contributed by atoms with Crippen LogP contribution in [0.3, 0.4) is 0 Å². The second-order valence-corrected chi connectivity index (χ2v) is 6.82. The fourth-order valence-corrected chi connectivity index (χ4v) is 3.11. The zero-order valence-corrected chi connectivity index (χ0v) is 10.1. The Morgan fingerprint density at radius 1 is 1.31 bits per heavy atom. The third kappa shape index (κ3) is 2.88. The quantitative estimate of drug-likeness (QED) is 0.760. The van der Waals surface area contributed by atoms with E-state index in [1.807, 2.05) is 0 Å². The van der Waals surface area contributed by atoms with Gasteiger partial charge in [0.1, 0.15) is 0 Å². The summed E-state index contributed by atoms with van der Waals surface area (Å²) in [6.07, 6.45) is -4.01. The maximum absolute atomic E-state index is 12.5. The van der Waals surface area contributed by atoms with E-state index in [9.17, 15) is 21.6 Å². The molecule has 16 heavy (non-hydrogen) atoms. The van der Waals surface area contributed by atoms with Crippen molar-refractivity contribution in [3.8, 4) is 0 Å². The van der Waals surface area contributed by atoms with Crippen LogP contribution in [0.25, 0.3) is 0 Å². The number of halogens is 3. The van der Waals surface area contributed by atoms with Gasteiger partial charge in [-0.25, -0.2) is 12.7 Å². The topological polar surface area (TPSA) is 37.4 Å². The van der Waals surface area contributed by atoms with E-state index in [-0.39, 0.29) is 19.4 Å². The van der Waals surface area contributed by atoms with Gasteiger partial charge < -0.3 is 0 Å². The second-order valence-electron chi connectivity index (χ2n) is 4.33. The number of hydrogen-bond acceptors (Lipinski definition) is 2. The van der Waals surface area contributed by atoms with Crippen LogP contribution in [0.15, 0.2) is 0 Å². The van der Waals surface area contributed by atoms with Crippen molar-refractivity contribution in [3.63, 3.8) is 0 Å². The monoisotopic (exact) mass is 259 g/mol. The van der Waals surface area contributed by atoms with Crippen molar-refractivity contribution in [3.05, 3.63) is 0 Å². The standard InChI is InChI=1S/C9H16F3NO2S/c1-7(2)16(14,15)13-5-3-4-8(6-13)9(10,11)12/h7-8H,3-6H2,1-2H3. The Bertz CT molecular complexity index is 337. The normalized spacial score (nSPS) is 25.0. The molecule has 1 rings (SSSR count). The van der Waals surface area contributed by atoms with Crippen molar-refractivity contribution in [2.24, 2.45) is 5.92 Å². The fraction of sp³-hybridized carbons (Fsp3) is 1.00. The Labute approximate surface area is 93.7 Å². The zero-order valence-electron chi connectivity index (χ0n) is 9.29. The van der Waals surface area contributed by atoms with E-state index in [4.69, 9.17) is 0 Å². The predicted octanol–water partition coefficient (Wildman–Crippen LogP) is 2.00. The molecule has 0 radical (unpaired) electrons. The van der Waals surface area contributed by atoms with Gasteiger partial charge in [-0.05, 0) is 26.7 Å².